The van der Waals surface area contributed by atoms with Gasteiger partial charge in [-0.1, -0.05) is 19.9 Å². The summed E-state index contributed by atoms with van der Waals surface area (Å²) in [7, 11) is -1.43. The quantitative estimate of drug-likeness (QED) is 0.644. The second kappa shape index (κ2) is 9.22. The summed E-state index contributed by atoms with van der Waals surface area (Å²) in [5.74, 6) is 1.24. The SMILES string of the molecule is COc1ccc(CCC(=O)N2CCC(S(=O)(=O)CC(C)C)CC2)cc1Br. The minimum atomic E-state index is -3.05. The van der Waals surface area contributed by atoms with E-state index < -0.39 is 9.84 Å². The molecule has 0 aliphatic carbocycles. The van der Waals surface area contributed by atoms with Crippen LogP contribution in [0.2, 0.25) is 0 Å². The maximum atomic E-state index is 12.5. The Kier molecular flexibility index (Phi) is 7.52. The standard InChI is InChI=1S/C19H28BrNO4S/c1-14(2)13-26(23,24)16-8-10-21(11-9-16)19(22)7-5-15-4-6-18(25-3)17(20)12-15/h4,6,12,14,16H,5,7-11,13H2,1-3H3. The van der Waals surface area contributed by atoms with Crippen molar-refractivity contribution in [2.45, 2.75) is 44.8 Å². The van der Waals surface area contributed by atoms with Crippen LogP contribution in [0.1, 0.15) is 38.7 Å². The van der Waals surface area contributed by atoms with Gasteiger partial charge in [-0.2, -0.15) is 0 Å². The van der Waals surface area contributed by atoms with E-state index in [1.54, 1.807) is 12.0 Å². The Bertz CT molecular complexity index is 725. The largest absolute Gasteiger partial charge is 0.496 e. The Morgan fingerprint density at radius 1 is 1.31 bits per heavy atom. The van der Waals surface area contributed by atoms with Gasteiger partial charge in [0, 0.05) is 19.5 Å². The molecule has 1 heterocycles. The Hall–Kier alpha value is -1.08. The number of benzene rings is 1. The molecule has 1 saturated heterocycles. The Morgan fingerprint density at radius 2 is 1.96 bits per heavy atom. The predicted octanol–water partition coefficient (Wildman–Crippen LogP) is 3.45. The summed E-state index contributed by atoms with van der Waals surface area (Å²) in [5.41, 5.74) is 1.07. The topological polar surface area (TPSA) is 63.7 Å². The lowest BCUT2D eigenvalue weighted by Gasteiger charge is -2.32. The zero-order valence-corrected chi connectivity index (χ0v) is 18.1. The highest BCUT2D eigenvalue weighted by Gasteiger charge is 2.31. The van der Waals surface area contributed by atoms with Gasteiger partial charge >= 0.3 is 0 Å². The molecule has 0 spiro atoms. The molecule has 1 aliphatic rings. The molecule has 0 unspecified atom stereocenters. The van der Waals surface area contributed by atoms with Gasteiger partial charge in [-0.05, 0) is 58.8 Å². The average Bonchev–Trinajstić information content (AvgIpc) is 2.59. The predicted molar refractivity (Wildman–Crippen MR) is 107 cm³/mol. The maximum Gasteiger partial charge on any atom is 0.222 e. The van der Waals surface area contributed by atoms with Crippen LogP contribution in [0.15, 0.2) is 22.7 Å². The number of amides is 1. The summed E-state index contributed by atoms with van der Waals surface area (Å²) in [6.45, 7) is 4.92. The summed E-state index contributed by atoms with van der Waals surface area (Å²) >= 11 is 3.46. The molecule has 7 heteroatoms. The van der Waals surface area contributed by atoms with Crippen LogP contribution in [0.3, 0.4) is 0 Å². The maximum absolute atomic E-state index is 12.5. The molecule has 0 bridgehead atoms. The molecular weight excluding hydrogens is 418 g/mol. The molecule has 146 valence electrons. The summed E-state index contributed by atoms with van der Waals surface area (Å²) < 4.78 is 30.8. The van der Waals surface area contributed by atoms with E-state index in [4.69, 9.17) is 4.74 Å². The van der Waals surface area contributed by atoms with E-state index in [9.17, 15) is 13.2 Å². The number of hydrogen-bond acceptors (Lipinski definition) is 4. The van der Waals surface area contributed by atoms with Gasteiger partial charge in [0.2, 0.25) is 5.91 Å². The molecule has 2 rings (SSSR count). The van der Waals surface area contributed by atoms with Crippen LogP contribution in [0.5, 0.6) is 5.75 Å². The fraction of sp³-hybridized carbons (Fsp3) is 0.632. The van der Waals surface area contributed by atoms with Crippen LogP contribution in [-0.4, -0.2) is 50.4 Å². The van der Waals surface area contributed by atoms with Gasteiger partial charge in [-0.3, -0.25) is 4.79 Å². The summed E-state index contributed by atoms with van der Waals surface area (Å²) in [4.78, 5) is 14.3. The highest BCUT2D eigenvalue weighted by atomic mass is 79.9. The first kappa shape index (κ1) is 21.2. The molecule has 0 N–H and O–H groups in total. The van der Waals surface area contributed by atoms with E-state index in [1.807, 2.05) is 32.0 Å². The minimum Gasteiger partial charge on any atom is -0.496 e. The van der Waals surface area contributed by atoms with Crippen molar-refractivity contribution in [3.8, 4) is 5.75 Å². The van der Waals surface area contributed by atoms with Crippen LogP contribution in [0.4, 0.5) is 0 Å². The number of aryl methyl sites for hydroxylation is 1. The molecule has 1 aliphatic heterocycles. The van der Waals surface area contributed by atoms with Crippen molar-refractivity contribution < 1.29 is 17.9 Å². The van der Waals surface area contributed by atoms with Crippen molar-refractivity contribution in [1.82, 2.24) is 4.90 Å². The molecule has 1 fully saturated rings. The number of likely N-dealkylation sites (tertiary alicyclic amines) is 1. The summed E-state index contributed by atoms with van der Waals surface area (Å²) in [6.07, 6.45) is 2.19. The molecule has 1 aromatic carbocycles. The van der Waals surface area contributed by atoms with Crippen molar-refractivity contribution in [2.75, 3.05) is 26.0 Å². The Morgan fingerprint density at radius 3 is 2.50 bits per heavy atom. The summed E-state index contributed by atoms with van der Waals surface area (Å²) in [6, 6.07) is 5.81. The van der Waals surface area contributed by atoms with Crippen LogP contribution in [0.25, 0.3) is 0 Å². The Balaban J connectivity index is 1.84. The second-order valence-electron chi connectivity index (χ2n) is 7.27. The zero-order valence-electron chi connectivity index (χ0n) is 15.7. The molecule has 0 saturated carbocycles. The lowest BCUT2D eigenvalue weighted by atomic mass is 10.1. The van der Waals surface area contributed by atoms with Crippen LogP contribution in [0, 0.1) is 5.92 Å². The van der Waals surface area contributed by atoms with E-state index in [0.717, 1.165) is 15.8 Å². The molecule has 0 radical (unpaired) electrons. The molecule has 0 atom stereocenters. The molecule has 26 heavy (non-hydrogen) atoms. The van der Waals surface area contributed by atoms with Crippen molar-refractivity contribution in [2.24, 2.45) is 5.92 Å². The number of hydrogen-bond donors (Lipinski definition) is 0. The number of ether oxygens (including phenoxy) is 1. The van der Waals surface area contributed by atoms with E-state index in [-0.39, 0.29) is 22.8 Å². The van der Waals surface area contributed by atoms with Gasteiger partial charge in [0.1, 0.15) is 5.75 Å². The molecule has 1 amide bonds. The first-order valence-corrected chi connectivity index (χ1v) is 11.6. The second-order valence-corrected chi connectivity index (χ2v) is 10.5. The number of carbonyl (C=O) groups is 1. The van der Waals surface area contributed by atoms with Crippen LogP contribution < -0.4 is 4.74 Å². The van der Waals surface area contributed by atoms with E-state index >= 15 is 0 Å². The third kappa shape index (κ3) is 5.71. The summed E-state index contributed by atoms with van der Waals surface area (Å²) in [5, 5.41) is -0.300. The minimum absolute atomic E-state index is 0.0941. The van der Waals surface area contributed by atoms with Gasteiger partial charge in [0.15, 0.2) is 9.84 Å². The highest BCUT2D eigenvalue weighted by molar-refractivity contribution is 9.10. The smallest absolute Gasteiger partial charge is 0.222 e. The average molecular weight is 446 g/mol. The number of piperidine rings is 1. The number of rotatable bonds is 7. The molecule has 1 aromatic rings. The normalized spacial score (nSPS) is 16.1. The number of carbonyl (C=O) groups excluding carboxylic acids is 1. The van der Waals surface area contributed by atoms with Crippen molar-refractivity contribution in [1.29, 1.82) is 0 Å². The number of methoxy groups -OCH3 is 1. The third-order valence-electron chi connectivity index (χ3n) is 4.71. The van der Waals surface area contributed by atoms with Crippen molar-refractivity contribution in [3.05, 3.63) is 28.2 Å². The monoisotopic (exact) mass is 445 g/mol. The third-order valence-corrected chi connectivity index (χ3v) is 7.95. The first-order valence-electron chi connectivity index (χ1n) is 9.04. The van der Waals surface area contributed by atoms with Crippen LogP contribution >= 0.6 is 15.9 Å². The van der Waals surface area contributed by atoms with E-state index in [0.29, 0.717) is 38.8 Å². The van der Waals surface area contributed by atoms with Gasteiger partial charge in [0.05, 0.1) is 22.6 Å². The van der Waals surface area contributed by atoms with Gasteiger partial charge in [-0.25, -0.2) is 8.42 Å². The lowest BCUT2D eigenvalue weighted by Crippen LogP contribution is -2.43. The zero-order chi connectivity index (χ0) is 19.3. The number of sulfone groups is 1. The molecular formula is C19H28BrNO4S. The fourth-order valence-corrected chi connectivity index (χ4v) is 6.06. The number of nitrogens with zero attached hydrogens (tertiary/aromatic N) is 1. The van der Waals surface area contributed by atoms with Crippen molar-refractivity contribution >= 4 is 31.7 Å². The van der Waals surface area contributed by atoms with Crippen LogP contribution in [-0.2, 0) is 21.1 Å². The molecule has 0 aromatic heterocycles. The fourth-order valence-electron chi connectivity index (χ4n) is 3.34. The van der Waals surface area contributed by atoms with E-state index in [1.165, 1.54) is 0 Å². The Labute approximate surface area is 165 Å². The van der Waals surface area contributed by atoms with Gasteiger partial charge < -0.3 is 9.64 Å². The lowest BCUT2D eigenvalue weighted by molar-refractivity contribution is -0.132. The van der Waals surface area contributed by atoms with E-state index in [2.05, 4.69) is 15.9 Å². The molecule has 5 nitrogen and oxygen atoms in total. The first-order chi connectivity index (χ1) is 12.2. The highest BCUT2D eigenvalue weighted by Crippen LogP contribution is 2.26. The van der Waals surface area contributed by atoms with Crippen molar-refractivity contribution in [3.63, 3.8) is 0 Å². The van der Waals surface area contributed by atoms with Gasteiger partial charge in [-0.15, -0.1) is 0 Å². The van der Waals surface area contributed by atoms with Gasteiger partial charge in [0.25, 0.3) is 0 Å². The number of halogens is 1.